The number of carbonyl (C=O) groups is 4. The van der Waals surface area contributed by atoms with Gasteiger partial charge in [-0.3, -0.25) is 14.5 Å². The monoisotopic (exact) mass is 228 g/mol. The van der Waals surface area contributed by atoms with Crippen LogP contribution in [0.4, 0.5) is 4.79 Å². The van der Waals surface area contributed by atoms with E-state index in [4.69, 9.17) is 5.11 Å². The molecule has 0 radical (unpaired) electrons. The van der Waals surface area contributed by atoms with Gasteiger partial charge in [0.05, 0.1) is 0 Å². The van der Waals surface area contributed by atoms with Gasteiger partial charge >= 0.3 is 23.8 Å². The van der Waals surface area contributed by atoms with Crippen LogP contribution in [0.5, 0.6) is 0 Å². The first-order chi connectivity index (χ1) is 7.27. The highest BCUT2D eigenvalue weighted by Crippen LogP contribution is 2.25. The Morgan fingerprint density at radius 2 is 1.81 bits per heavy atom. The van der Waals surface area contributed by atoms with E-state index in [2.05, 4.69) is 0 Å². The van der Waals surface area contributed by atoms with E-state index < -0.39 is 29.4 Å². The highest BCUT2D eigenvalue weighted by atomic mass is 16.4. The van der Waals surface area contributed by atoms with Gasteiger partial charge in [-0.15, -0.1) is 0 Å². The van der Waals surface area contributed by atoms with Crippen LogP contribution in [-0.2, 0) is 14.4 Å². The number of likely N-dealkylation sites (N-methyl/N-ethyl adjacent to an activating group) is 1. The van der Waals surface area contributed by atoms with Gasteiger partial charge in [0.1, 0.15) is 5.54 Å². The molecule has 88 valence electrons. The molecule has 1 aliphatic rings. The van der Waals surface area contributed by atoms with E-state index in [1.165, 1.54) is 13.8 Å². The molecule has 0 saturated carbocycles. The second kappa shape index (κ2) is 3.58. The number of imide groups is 2. The third-order valence-electron chi connectivity index (χ3n) is 2.81. The fraction of sp³-hybridized carbons (Fsp3) is 0.556. The zero-order valence-corrected chi connectivity index (χ0v) is 9.18. The Balaban J connectivity index is 3.23. The second-order valence-electron chi connectivity index (χ2n) is 3.72. The molecule has 4 amide bonds. The van der Waals surface area contributed by atoms with E-state index in [9.17, 15) is 19.2 Å². The third kappa shape index (κ3) is 1.36. The summed E-state index contributed by atoms with van der Waals surface area (Å²) in [5, 5.41) is 9.03. The Kier molecular flexibility index (Phi) is 2.72. The van der Waals surface area contributed by atoms with Gasteiger partial charge in [-0.1, -0.05) is 6.92 Å². The standard InChI is InChI=1S/C9H12N2O5/c1-4-9(2,7(14)15)11-6(13)5(12)10(3)8(11)16/h4H2,1-3H3,(H,14,15). The average molecular weight is 228 g/mol. The van der Waals surface area contributed by atoms with Gasteiger partial charge < -0.3 is 5.11 Å². The van der Waals surface area contributed by atoms with Gasteiger partial charge in [0.2, 0.25) is 0 Å². The number of nitrogens with zero attached hydrogens (tertiary/aromatic N) is 2. The van der Waals surface area contributed by atoms with Crippen LogP contribution >= 0.6 is 0 Å². The fourth-order valence-corrected chi connectivity index (χ4v) is 1.40. The highest BCUT2D eigenvalue weighted by Gasteiger charge is 2.53. The maximum atomic E-state index is 11.6. The van der Waals surface area contributed by atoms with Crippen molar-refractivity contribution < 1.29 is 24.3 Å². The van der Waals surface area contributed by atoms with E-state index in [1.807, 2.05) is 0 Å². The summed E-state index contributed by atoms with van der Waals surface area (Å²) in [5.74, 6) is -3.43. The smallest absolute Gasteiger partial charge is 0.334 e. The van der Waals surface area contributed by atoms with Gasteiger partial charge in [-0.05, 0) is 13.3 Å². The molecule has 0 spiro atoms. The molecule has 7 heteroatoms. The zero-order chi connectivity index (χ0) is 12.7. The summed E-state index contributed by atoms with van der Waals surface area (Å²) in [6.07, 6.45) is 0.0287. The molecule has 1 atom stereocenters. The van der Waals surface area contributed by atoms with Gasteiger partial charge in [0.25, 0.3) is 0 Å². The van der Waals surface area contributed by atoms with Gasteiger partial charge in [-0.25, -0.2) is 14.5 Å². The van der Waals surface area contributed by atoms with Crippen LogP contribution in [0, 0.1) is 0 Å². The first-order valence-electron chi connectivity index (χ1n) is 4.67. The predicted octanol–water partition coefficient (Wildman–Crippen LogP) is -0.340. The van der Waals surface area contributed by atoms with Gasteiger partial charge in [-0.2, -0.15) is 0 Å². The maximum absolute atomic E-state index is 11.6. The number of amides is 4. The molecule has 1 unspecified atom stereocenters. The molecule has 0 aliphatic carbocycles. The summed E-state index contributed by atoms with van der Waals surface area (Å²) in [7, 11) is 1.14. The Morgan fingerprint density at radius 3 is 2.06 bits per heavy atom. The lowest BCUT2D eigenvalue weighted by Crippen LogP contribution is -2.55. The van der Waals surface area contributed by atoms with Crippen molar-refractivity contribution >= 4 is 23.8 Å². The Morgan fingerprint density at radius 1 is 1.31 bits per heavy atom. The van der Waals surface area contributed by atoms with Crippen LogP contribution in [0.25, 0.3) is 0 Å². The first-order valence-corrected chi connectivity index (χ1v) is 4.67. The number of aliphatic carboxylic acids is 1. The number of carboxylic acids is 1. The molecule has 16 heavy (non-hydrogen) atoms. The van der Waals surface area contributed by atoms with Crippen molar-refractivity contribution in [2.24, 2.45) is 0 Å². The largest absolute Gasteiger partial charge is 0.479 e. The van der Waals surface area contributed by atoms with E-state index in [1.54, 1.807) is 0 Å². The highest BCUT2D eigenvalue weighted by molar-refractivity contribution is 6.45. The minimum absolute atomic E-state index is 0.0287. The molecule has 1 rings (SSSR count). The fourth-order valence-electron chi connectivity index (χ4n) is 1.40. The molecular weight excluding hydrogens is 216 g/mol. The number of carboxylic acid groups (broad SMARTS) is 1. The van der Waals surface area contributed by atoms with E-state index in [0.29, 0.717) is 9.80 Å². The first kappa shape index (κ1) is 12.2. The van der Waals surface area contributed by atoms with Crippen LogP contribution in [-0.4, -0.2) is 51.3 Å². The molecule has 1 fully saturated rings. The van der Waals surface area contributed by atoms with Crippen LogP contribution in [0.15, 0.2) is 0 Å². The lowest BCUT2D eigenvalue weighted by atomic mass is 9.97. The molecule has 1 N–H and O–H groups in total. The number of carbonyl (C=O) groups excluding carboxylic acids is 3. The van der Waals surface area contributed by atoms with Gasteiger partial charge in [0.15, 0.2) is 0 Å². The lowest BCUT2D eigenvalue weighted by molar-refractivity contribution is -0.155. The second-order valence-corrected chi connectivity index (χ2v) is 3.72. The van der Waals surface area contributed by atoms with Crippen molar-refractivity contribution in [3.8, 4) is 0 Å². The summed E-state index contributed by atoms with van der Waals surface area (Å²) >= 11 is 0. The Hall–Kier alpha value is -1.92. The van der Waals surface area contributed by atoms with E-state index in [0.717, 1.165) is 7.05 Å². The number of rotatable bonds is 3. The quantitative estimate of drug-likeness (QED) is 0.526. The van der Waals surface area contributed by atoms with Crippen molar-refractivity contribution in [2.45, 2.75) is 25.8 Å². The molecule has 0 aromatic rings. The van der Waals surface area contributed by atoms with Crippen molar-refractivity contribution in [1.29, 1.82) is 0 Å². The van der Waals surface area contributed by atoms with Crippen molar-refractivity contribution in [1.82, 2.24) is 9.80 Å². The predicted molar refractivity (Wildman–Crippen MR) is 51.3 cm³/mol. The summed E-state index contributed by atoms with van der Waals surface area (Å²) in [6.45, 7) is 2.76. The molecule has 1 aliphatic heterocycles. The molecular formula is C9H12N2O5. The molecule has 0 aromatic carbocycles. The normalized spacial score (nSPS) is 20.3. The molecule has 1 heterocycles. The minimum Gasteiger partial charge on any atom is -0.479 e. The molecule has 1 saturated heterocycles. The van der Waals surface area contributed by atoms with Crippen molar-refractivity contribution in [3.63, 3.8) is 0 Å². The van der Waals surface area contributed by atoms with Crippen LogP contribution in [0.3, 0.4) is 0 Å². The SMILES string of the molecule is CCC(C)(C(=O)O)N1C(=O)C(=O)N(C)C1=O. The zero-order valence-electron chi connectivity index (χ0n) is 9.18. The summed E-state index contributed by atoms with van der Waals surface area (Å²) in [4.78, 5) is 46.5. The molecule has 0 aromatic heterocycles. The number of hydrogen-bond donors (Lipinski definition) is 1. The van der Waals surface area contributed by atoms with E-state index in [-0.39, 0.29) is 6.42 Å². The maximum Gasteiger partial charge on any atom is 0.334 e. The Bertz CT molecular complexity index is 391. The van der Waals surface area contributed by atoms with Gasteiger partial charge in [0, 0.05) is 7.05 Å². The molecule has 7 nitrogen and oxygen atoms in total. The lowest BCUT2D eigenvalue weighted by Gasteiger charge is -2.30. The minimum atomic E-state index is -1.69. The summed E-state index contributed by atoms with van der Waals surface area (Å²) < 4.78 is 0. The van der Waals surface area contributed by atoms with Crippen LogP contribution < -0.4 is 0 Å². The van der Waals surface area contributed by atoms with Crippen molar-refractivity contribution in [3.05, 3.63) is 0 Å². The van der Waals surface area contributed by atoms with Crippen LogP contribution in [0.1, 0.15) is 20.3 Å². The Labute approximate surface area is 91.6 Å². The van der Waals surface area contributed by atoms with Crippen molar-refractivity contribution in [2.75, 3.05) is 7.05 Å². The average Bonchev–Trinajstić information content (AvgIpc) is 2.42. The van der Waals surface area contributed by atoms with Crippen LogP contribution in [0.2, 0.25) is 0 Å². The topological polar surface area (TPSA) is 95.0 Å². The third-order valence-corrected chi connectivity index (χ3v) is 2.81. The summed E-state index contributed by atoms with van der Waals surface area (Å²) in [6, 6.07) is -0.901. The number of hydrogen-bond acceptors (Lipinski definition) is 4. The van der Waals surface area contributed by atoms with E-state index >= 15 is 0 Å². The number of urea groups is 1. The summed E-state index contributed by atoms with van der Waals surface area (Å²) in [5.41, 5.74) is -1.69. The molecule has 0 bridgehead atoms.